The molecule has 92 valence electrons. The topological polar surface area (TPSA) is 55.4 Å². The van der Waals surface area contributed by atoms with E-state index in [1.165, 1.54) is 0 Å². The van der Waals surface area contributed by atoms with E-state index in [0.717, 1.165) is 23.3 Å². The highest BCUT2D eigenvalue weighted by atomic mass is 32.2. The zero-order valence-corrected chi connectivity index (χ0v) is 10.5. The maximum atomic E-state index is 11.9. The summed E-state index contributed by atoms with van der Waals surface area (Å²) in [4.78, 5) is 0.281. The van der Waals surface area contributed by atoms with Crippen molar-refractivity contribution in [2.45, 2.75) is 18.2 Å². The number of hydrogen-bond acceptors (Lipinski definition) is 3. The van der Waals surface area contributed by atoms with E-state index in [1.54, 1.807) is 25.1 Å². The van der Waals surface area contributed by atoms with Crippen molar-refractivity contribution in [1.82, 2.24) is 4.72 Å². The van der Waals surface area contributed by atoms with Crippen LogP contribution < -0.4 is 9.46 Å². The average Bonchev–Trinajstić information content (AvgIpc) is 2.73. The zero-order valence-electron chi connectivity index (χ0n) is 9.69. The first kappa shape index (κ1) is 12.1. The molecule has 1 aromatic rings. The van der Waals surface area contributed by atoms with E-state index in [1.807, 2.05) is 0 Å². The fourth-order valence-corrected chi connectivity index (χ4v) is 2.78. The van der Waals surface area contributed by atoms with Crippen LogP contribution in [0.5, 0.6) is 5.75 Å². The lowest BCUT2D eigenvalue weighted by atomic mass is 10.2. The van der Waals surface area contributed by atoms with Crippen LogP contribution in [0.2, 0.25) is 0 Å². The zero-order chi connectivity index (χ0) is 12.5. The molecule has 1 aliphatic heterocycles. The van der Waals surface area contributed by atoms with Crippen LogP contribution in [-0.2, 0) is 16.4 Å². The minimum Gasteiger partial charge on any atom is -0.493 e. The van der Waals surface area contributed by atoms with E-state index < -0.39 is 10.0 Å². The van der Waals surface area contributed by atoms with Crippen molar-refractivity contribution in [3.8, 4) is 5.75 Å². The van der Waals surface area contributed by atoms with Gasteiger partial charge in [-0.25, -0.2) is 13.1 Å². The second-order valence-corrected chi connectivity index (χ2v) is 5.92. The number of rotatable bonds is 4. The standard InChI is InChI=1S/C12H15NO3S/c1-9(2)8-13-17(14,15)11-3-4-12-10(7-11)5-6-16-12/h3-4,7,13H,1,5-6,8H2,2H3. The molecule has 0 saturated heterocycles. The molecule has 0 bridgehead atoms. The van der Waals surface area contributed by atoms with Crippen LogP contribution in [0, 0.1) is 0 Å². The lowest BCUT2D eigenvalue weighted by molar-refractivity contribution is 0.356. The van der Waals surface area contributed by atoms with Gasteiger partial charge in [-0.3, -0.25) is 0 Å². The van der Waals surface area contributed by atoms with Gasteiger partial charge in [0.15, 0.2) is 0 Å². The second-order valence-electron chi connectivity index (χ2n) is 4.15. The van der Waals surface area contributed by atoms with Crippen molar-refractivity contribution in [2.75, 3.05) is 13.2 Å². The molecule has 1 aliphatic rings. The molecule has 17 heavy (non-hydrogen) atoms. The number of hydrogen-bond donors (Lipinski definition) is 1. The van der Waals surface area contributed by atoms with Crippen molar-refractivity contribution in [1.29, 1.82) is 0 Å². The largest absolute Gasteiger partial charge is 0.493 e. The van der Waals surface area contributed by atoms with Crippen LogP contribution in [-0.4, -0.2) is 21.6 Å². The number of sulfonamides is 1. The molecule has 0 unspecified atom stereocenters. The quantitative estimate of drug-likeness (QED) is 0.827. The summed E-state index contributed by atoms with van der Waals surface area (Å²) >= 11 is 0. The molecule has 0 radical (unpaired) electrons. The summed E-state index contributed by atoms with van der Waals surface area (Å²) in [6, 6.07) is 4.94. The van der Waals surface area contributed by atoms with Gasteiger partial charge >= 0.3 is 0 Å². The monoisotopic (exact) mass is 253 g/mol. The van der Waals surface area contributed by atoms with Gasteiger partial charge in [-0.15, -0.1) is 0 Å². The highest BCUT2D eigenvalue weighted by Crippen LogP contribution is 2.27. The van der Waals surface area contributed by atoms with Crippen molar-refractivity contribution in [2.24, 2.45) is 0 Å². The minimum atomic E-state index is -3.44. The highest BCUT2D eigenvalue weighted by molar-refractivity contribution is 7.89. The smallest absolute Gasteiger partial charge is 0.240 e. The first-order chi connectivity index (χ1) is 7.99. The average molecular weight is 253 g/mol. The Morgan fingerprint density at radius 1 is 1.53 bits per heavy atom. The molecule has 1 heterocycles. The van der Waals surface area contributed by atoms with E-state index in [4.69, 9.17) is 4.74 Å². The van der Waals surface area contributed by atoms with Crippen molar-refractivity contribution >= 4 is 10.0 Å². The van der Waals surface area contributed by atoms with E-state index in [9.17, 15) is 8.42 Å². The van der Waals surface area contributed by atoms with Crippen LogP contribution >= 0.6 is 0 Å². The van der Waals surface area contributed by atoms with Gasteiger partial charge in [-0.2, -0.15) is 0 Å². The summed E-state index contributed by atoms with van der Waals surface area (Å²) < 4.78 is 31.7. The van der Waals surface area contributed by atoms with E-state index in [-0.39, 0.29) is 11.4 Å². The van der Waals surface area contributed by atoms with Crippen molar-refractivity contribution in [3.05, 3.63) is 35.9 Å². The van der Waals surface area contributed by atoms with E-state index in [2.05, 4.69) is 11.3 Å². The fraction of sp³-hybridized carbons (Fsp3) is 0.333. The predicted octanol–water partition coefficient (Wildman–Crippen LogP) is 1.48. The Morgan fingerprint density at radius 3 is 3.00 bits per heavy atom. The van der Waals surface area contributed by atoms with Crippen molar-refractivity contribution in [3.63, 3.8) is 0 Å². The third-order valence-electron chi connectivity index (χ3n) is 2.54. The molecule has 0 saturated carbocycles. The number of fused-ring (bicyclic) bond motifs is 1. The van der Waals surface area contributed by atoms with Crippen molar-refractivity contribution < 1.29 is 13.2 Å². The Labute approximate surface area is 101 Å². The van der Waals surface area contributed by atoms with Gasteiger partial charge in [0.25, 0.3) is 0 Å². The molecular formula is C12H15NO3S. The Hall–Kier alpha value is -1.33. The molecule has 0 aliphatic carbocycles. The Morgan fingerprint density at radius 2 is 2.29 bits per heavy atom. The Kier molecular flexibility index (Phi) is 3.22. The summed E-state index contributed by atoms with van der Waals surface area (Å²) in [6.07, 6.45) is 0.763. The molecule has 0 atom stereocenters. The van der Waals surface area contributed by atoms with Crippen LogP contribution in [0.3, 0.4) is 0 Å². The van der Waals surface area contributed by atoms with Crippen LogP contribution in [0.1, 0.15) is 12.5 Å². The Bertz CT molecular complexity index is 549. The highest BCUT2D eigenvalue weighted by Gasteiger charge is 2.18. The molecule has 0 fully saturated rings. The molecule has 5 heteroatoms. The molecule has 1 N–H and O–H groups in total. The first-order valence-corrected chi connectivity index (χ1v) is 6.87. The molecule has 1 aromatic carbocycles. The summed E-state index contributed by atoms with van der Waals surface area (Å²) in [6.45, 7) is 6.32. The molecule has 2 rings (SSSR count). The van der Waals surface area contributed by atoms with Gasteiger partial charge in [0, 0.05) is 13.0 Å². The van der Waals surface area contributed by atoms with Gasteiger partial charge in [0.05, 0.1) is 11.5 Å². The third-order valence-corrected chi connectivity index (χ3v) is 3.93. The van der Waals surface area contributed by atoms with E-state index in [0.29, 0.717) is 6.61 Å². The maximum absolute atomic E-state index is 11.9. The molecule has 4 nitrogen and oxygen atoms in total. The lowest BCUT2D eigenvalue weighted by Gasteiger charge is -2.07. The SMILES string of the molecule is C=C(C)CNS(=O)(=O)c1ccc2c(c1)CCO2. The first-order valence-electron chi connectivity index (χ1n) is 5.39. The van der Waals surface area contributed by atoms with Gasteiger partial charge in [-0.1, -0.05) is 12.2 Å². The normalized spacial score (nSPS) is 14.2. The summed E-state index contributed by atoms with van der Waals surface area (Å²) in [5.41, 5.74) is 1.72. The molecule has 0 aromatic heterocycles. The number of ether oxygens (including phenoxy) is 1. The lowest BCUT2D eigenvalue weighted by Crippen LogP contribution is -2.25. The van der Waals surface area contributed by atoms with Gasteiger partial charge < -0.3 is 4.74 Å². The predicted molar refractivity (Wildman–Crippen MR) is 65.6 cm³/mol. The van der Waals surface area contributed by atoms with Crippen LogP contribution in [0.15, 0.2) is 35.2 Å². The number of nitrogens with one attached hydrogen (secondary N) is 1. The van der Waals surface area contributed by atoms with Crippen LogP contribution in [0.25, 0.3) is 0 Å². The third kappa shape index (κ3) is 2.68. The molecule has 0 spiro atoms. The summed E-state index contributed by atoms with van der Waals surface area (Å²) in [5.74, 6) is 0.781. The Balaban J connectivity index is 2.24. The molecule has 0 amide bonds. The fourth-order valence-electron chi connectivity index (χ4n) is 1.63. The summed E-state index contributed by atoms with van der Waals surface area (Å²) in [7, 11) is -3.44. The van der Waals surface area contributed by atoms with Gasteiger partial charge in [0.1, 0.15) is 5.75 Å². The minimum absolute atomic E-state index is 0.260. The van der Waals surface area contributed by atoms with Crippen LogP contribution in [0.4, 0.5) is 0 Å². The van der Waals surface area contributed by atoms with Gasteiger partial charge in [0.2, 0.25) is 10.0 Å². The maximum Gasteiger partial charge on any atom is 0.240 e. The number of benzene rings is 1. The van der Waals surface area contributed by atoms with Gasteiger partial charge in [-0.05, 0) is 30.7 Å². The van der Waals surface area contributed by atoms with E-state index >= 15 is 0 Å². The second kappa shape index (κ2) is 4.50. The molecular weight excluding hydrogens is 238 g/mol. The summed E-state index contributed by atoms with van der Waals surface area (Å²) in [5, 5.41) is 0.